The van der Waals surface area contributed by atoms with E-state index in [-0.39, 0.29) is 17.8 Å². The summed E-state index contributed by atoms with van der Waals surface area (Å²) in [5.74, 6) is 1.33. The minimum atomic E-state index is -0.658. The molecule has 1 aliphatic carbocycles. The van der Waals surface area contributed by atoms with Crippen molar-refractivity contribution < 1.29 is 19.1 Å². The average Bonchev–Trinajstić information content (AvgIpc) is 3.23. The monoisotopic (exact) mass is 360 g/mol. The third-order valence-electron chi connectivity index (χ3n) is 5.99. The zero-order valence-corrected chi connectivity index (χ0v) is 15.8. The SMILES string of the molecule is COc1ccc(C2CN(C(N)=O)CC2(C)C(C)=O)cc1OC1CCCC1. The first kappa shape index (κ1) is 18.5. The average molecular weight is 360 g/mol. The van der Waals surface area contributed by atoms with E-state index in [1.54, 1.807) is 18.9 Å². The molecule has 1 aromatic carbocycles. The number of nitrogens with two attached hydrogens (primary N) is 1. The summed E-state index contributed by atoms with van der Waals surface area (Å²) >= 11 is 0. The maximum absolute atomic E-state index is 12.4. The minimum absolute atomic E-state index is 0.0559. The van der Waals surface area contributed by atoms with Gasteiger partial charge in [0.1, 0.15) is 5.78 Å². The van der Waals surface area contributed by atoms with E-state index in [1.165, 1.54) is 12.8 Å². The Morgan fingerprint density at radius 3 is 2.50 bits per heavy atom. The summed E-state index contributed by atoms with van der Waals surface area (Å²) < 4.78 is 11.6. The number of likely N-dealkylation sites (tertiary alicyclic amines) is 1. The van der Waals surface area contributed by atoms with Crippen LogP contribution in [0.1, 0.15) is 51.0 Å². The van der Waals surface area contributed by atoms with Crippen molar-refractivity contribution in [2.75, 3.05) is 20.2 Å². The van der Waals surface area contributed by atoms with Gasteiger partial charge in [0.25, 0.3) is 0 Å². The van der Waals surface area contributed by atoms with Gasteiger partial charge in [-0.3, -0.25) is 4.79 Å². The fraction of sp³-hybridized carbons (Fsp3) is 0.600. The smallest absolute Gasteiger partial charge is 0.314 e. The molecule has 2 amide bonds. The van der Waals surface area contributed by atoms with Crippen molar-refractivity contribution >= 4 is 11.8 Å². The number of methoxy groups -OCH3 is 1. The lowest BCUT2D eigenvalue weighted by molar-refractivity contribution is -0.125. The molecule has 0 radical (unpaired) electrons. The van der Waals surface area contributed by atoms with E-state index in [1.807, 2.05) is 25.1 Å². The van der Waals surface area contributed by atoms with Gasteiger partial charge in [0, 0.05) is 19.0 Å². The molecule has 2 aliphatic rings. The van der Waals surface area contributed by atoms with Crippen LogP contribution in [-0.4, -0.2) is 43.0 Å². The number of carbonyl (C=O) groups excluding carboxylic acids is 2. The van der Waals surface area contributed by atoms with E-state index in [4.69, 9.17) is 15.2 Å². The van der Waals surface area contributed by atoms with Crippen molar-refractivity contribution in [2.45, 2.75) is 51.6 Å². The Morgan fingerprint density at radius 2 is 1.92 bits per heavy atom. The predicted molar refractivity (Wildman–Crippen MR) is 98.6 cm³/mol. The molecular weight excluding hydrogens is 332 g/mol. The molecule has 1 aliphatic heterocycles. The van der Waals surface area contributed by atoms with Gasteiger partial charge in [-0.25, -0.2) is 4.79 Å². The summed E-state index contributed by atoms with van der Waals surface area (Å²) in [5, 5.41) is 0. The second kappa shape index (κ2) is 7.17. The van der Waals surface area contributed by atoms with Crippen molar-refractivity contribution in [3.8, 4) is 11.5 Å². The number of carbonyl (C=O) groups is 2. The highest BCUT2D eigenvalue weighted by Gasteiger charge is 2.48. The van der Waals surface area contributed by atoms with Gasteiger partial charge in [0.05, 0.1) is 18.6 Å². The molecule has 1 saturated heterocycles. The Morgan fingerprint density at radius 1 is 1.23 bits per heavy atom. The van der Waals surface area contributed by atoms with Crippen LogP contribution in [0.25, 0.3) is 0 Å². The Labute approximate surface area is 154 Å². The van der Waals surface area contributed by atoms with Crippen LogP contribution in [0.2, 0.25) is 0 Å². The molecule has 6 nitrogen and oxygen atoms in total. The first-order chi connectivity index (χ1) is 12.3. The molecule has 1 heterocycles. The van der Waals surface area contributed by atoms with Gasteiger partial charge < -0.3 is 20.1 Å². The standard InChI is InChI=1S/C20H28N2O4/c1-13(23)20(2)12-22(19(21)24)11-16(20)14-8-9-17(25-3)18(10-14)26-15-6-4-5-7-15/h8-10,15-16H,4-7,11-12H2,1-3H3,(H2,21,24). The Bertz CT molecular complexity index is 699. The topological polar surface area (TPSA) is 81.9 Å². The number of urea groups is 1. The van der Waals surface area contributed by atoms with E-state index in [2.05, 4.69) is 0 Å². The van der Waals surface area contributed by atoms with Crippen LogP contribution in [0.3, 0.4) is 0 Å². The number of ether oxygens (including phenoxy) is 2. The van der Waals surface area contributed by atoms with E-state index >= 15 is 0 Å². The van der Waals surface area contributed by atoms with Gasteiger partial charge in [0.2, 0.25) is 0 Å². The molecule has 2 N–H and O–H groups in total. The maximum Gasteiger partial charge on any atom is 0.314 e. The van der Waals surface area contributed by atoms with Gasteiger partial charge in [-0.05, 0) is 50.3 Å². The van der Waals surface area contributed by atoms with Crippen LogP contribution in [0.4, 0.5) is 4.79 Å². The lowest BCUT2D eigenvalue weighted by Crippen LogP contribution is -2.37. The lowest BCUT2D eigenvalue weighted by Gasteiger charge is -2.28. The molecule has 1 saturated carbocycles. The fourth-order valence-electron chi connectivity index (χ4n) is 4.18. The van der Waals surface area contributed by atoms with Crippen molar-refractivity contribution in [1.29, 1.82) is 0 Å². The van der Waals surface area contributed by atoms with Crippen LogP contribution in [0.15, 0.2) is 18.2 Å². The molecule has 2 fully saturated rings. The lowest BCUT2D eigenvalue weighted by atomic mass is 9.73. The summed E-state index contributed by atoms with van der Waals surface area (Å²) in [6.07, 6.45) is 4.69. The molecule has 6 heteroatoms. The number of Topliss-reactive ketones (excluding diaryl/α,β-unsaturated/α-hetero) is 1. The zero-order chi connectivity index (χ0) is 18.9. The number of hydrogen-bond donors (Lipinski definition) is 1. The molecule has 0 aromatic heterocycles. The summed E-state index contributed by atoms with van der Waals surface area (Å²) in [6.45, 7) is 4.26. The van der Waals surface area contributed by atoms with Crippen LogP contribution >= 0.6 is 0 Å². The van der Waals surface area contributed by atoms with Gasteiger partial charge in [0.15, 0.2) is 11.5 Å². The van der Waals surface area contributed by atoms with Crippen molar-refractivity contribution in [3.05, 3.63) is 23.8 Å². The van der Waals surface area contributed by atoms with E-state index in [0.29, 0.717) is 24.6 Å². The van der Waals surface area contributed by atoms with E-state index in [0.717, 1.165) is 18.4 Å². The summed E-state index contributed by atoms with van der Waals surface area (Å²) in [7, 11) is 1.63. The number of nitrogens with zero attached hydrogens (tertiary/aromatic N) is 1. The number of benzene rings is 1. The maximum atomic E-state index is 12.4. The Balaban J connectivity index is 1.93. The van der Waals surface area contributed by atoms with Gasteiger partial charge in [-0.2, -0.15) is 0 Å². The summed E-state index contributed by atoms with van der Waals surface area (Å²) in [6, 6.07) is 5.31. The van der Waals surface area contributed by atoms with E-state index < -0.39 is 11.4 Å². The van der Waals surface area contributed by atoms with Crippen molar-refractivity contribution in [2.24, 2.45) is 11.1 Å². The first-order valence-electron chi connectivity index (χ1n) is 9.25. The van der Waals surface area contributed by atoms with Crippen LogP contribution in [0.5, 0.6) is 11.5 Å². The molecular formula is C20H28N2O4. The number of hydrogen-bond acceptors (Lipinski definition) is 4. The number of amides is 2. The minimum Gasteiger partial charge on any atom is -0.493 e. The predicted octanol–water partition coefficient (Wildman–Crippen LogP) is 3.09. The van der Waals surface area contributed by atoms with Crippen LogP contribution in [0, 0.1) is 5.41 Å². The Hall–Kier alpha value is -2.24. The second-order valence-electron chi connectivity index (χ2n) is 7.68. The third kappa shape index (κ3) is 3.37. The molecule has 0 spiro atoms. The third-order valence-corrected chi connectivity index (χ3v) is 5.99. The highest BCUT2D eigenvalue weighted by Crippen LogP contribution is 2.45. The molecule has 2 atom stereocenters. The molecule has 3 rings (SSSR count). The quantitative estimate of drug-likeness (QED) is 0.875. The van der Waals surface area contributed by atoms with Crippen molar-refractivity contribution in [1.82, 2.24) is 4.90 Å². The second-order valence-corrected chi connectivity index (χ2v) is 7.68. The molecule has 142 valence electrons. The first-order valence-corrected chi connectivity index (χ1v) is 9.25. The number of primary amides is 1. The molecule has 26 heavy (non-hydrogen) atoms. The number of rotatable bonds is 5. The number of ketones is 1. The Kier molecular flexibility index (Phi) is 5.12. The summed E-state index contributed by atoms with van der Waals surface area (Å²) in [4.78, 5) is 25.6. The highest BCUT2D eigenvalue weighted by molar-refractivity contribution is 5.85. The van der Waals surface area contributed by atoms with E-state index in [9.17, 15) is 9.59 Å². The molecule has 1 aromatic rings. The highest BCUT2D eigenvalue weighted by atomic mass is 16.5. The fourth-order valence-corrected chi connectivity index (χ4v) is 4.18. The summed E-state index contributed by atoms with van der Waals surface area (Å²) in [5.41, 5.74) is 5.79. The largest absolute Gasteiger partial charge is 0.493 e. The van der Waals surface area contributed by atoms with Crippen molar-refractivity contribution in [3.63, 3.8) is 0 Å². The normalized spacial score (nSPS) is 26.1. The van der Waals surface area contributed by atoms with Gasteiger partial charge in [-0.1, -0.05) is 13.0 Å². The van der Waals surface area contributed by atoms with Gasteiger partial charge >= 0.3 is 6.03 Å². The zero-order valence-electron chi connectivity index (χ0n) is 15.8. The van der Waals surface area contributed by atoms with Crippen LogP contribution < -0.4 is 15.2 Å². The van der Waals surface area contributed by atoms with Gasteiger partial charge in [-0.15, -0.1) is 0 Å². The molecule has 2 unspecified atom stereocenters. The van der Waals surface area contributed by atoms with Crippen LogP contribution in [-0.2, 0) is 4.79 Å². The molecule has 0 bridgehead atoms.